The summed E-state index contributed by atoms with van der Waals surface area (Å²) in [5.41, 5.74) is 0.203. The molecule has 0 spiro atoms. The lowest BCUT2D eigenvalue weighted by Crippen LogP contribution is -2.37. The van der Waals surface area contributed by atoms with Crippen molar-refractivity contribution in [1.82, 2.24) is 14.8 Å². The molecule has 0 bridgehead atoms. The van der Waals surface area contributed by atoms with Gasteiger partial charge >= 0.3 is 5.97 Å². The second kappa shape index (κ2) is 9.82. The molecule has 3 rings (SSSR count). The maximum Gasteiger partial charge on any atom is 0.322 e. The van der Waals surface area contributed by atoms with Crippen LogP contribution in [0.1, 0.15) is 40.0 Å². The smallest absolute Gasteiger partial charge is 0.322 e. The molecule has 1 aromatic carbocycles. The molecule has 0 saturated heterocycles. The third-order valence-electron chi connectivity index (χ3n) is 5.12. The summed E-state index contributed by atoms with van der Waals surface area (Å²) in [6.07, 6.45) is 2.36. The lowest BCUT2D eigenvalue weighted by molar-refractivity contribution is -0.136. The molecule has 9 nitrogen and oxygen atoms in total. The zero-order valence-corrected chi connectivity index (χ0v) is 18.7. The summed E-state index contributed by atoms with van der Waals surface area (Å²) in [7, 11) is 0. The molecular formula is C22H22BrN3O6. The minimum atomic E-state index is -1.28. The van der Waals surface area contributed by atoms with Gasteiger partial charge < -0.3 is 25.0 Å². The SMILES string of the molecule is C=CCCC(=O)N1Cc2c(O)c(C(=O)NCC(=O)O)c(=O)n(Cc3cccc(Br)c3)c2C1. The Balaban J connectivity index is 2.08. The van der Waals surface area contributed by atoms with Crippen LogP contribution in [-0.2, 0) is 29.2 Å². The largest absolute Gasteiger partial charge is 0.506 e. The monoisotopic (exact) mass is 503 g/mol. The van der Waals surface area contributed by atoms with Gasteiger partial charge in [-0.2, -0.15) is 0 Å². The molecule has 1 aliphatic heterocycles. The molecule has 0 saturated carbocycles. The Bertz CT molecular complexity index is 1160. The number of aromatic hydroxyl groups is 1. The first-order valence-corrected chi connectivity index (χ1v) is 10.6. The second-order valence-electron chi connectivity index (χ2n) is 7.32. The molecule has 0 radical (unpaired) electrons. The van der Waals surface area contributed by atoms with E-state index in [9.17, 15) is 24.3 Å². The van der Waals surface area contributed by atoms with Gasteiger partial charge in [-0.25, -0.2) is 0 Å². The average molecular weight is 504 g/mol. The van der Waals surface area contributed by atoms with Crippen molar-refractivity contribution < 1.29 is 24.6 Å². The van der Waals surface area contributed by atoms with Crippen molar-refractivity contribution in [2.45, 2.75) is 32.5 Å². The molecule has 1 aromatic heterocycles. The normalized spacial score (nSPS) is 12.3. The summed E-state index contributed by atoms with van der Waals surface area (Å²) in [5, 5.41) is 21.7. The van der Waals surface area contributed by atoms with Crippen LogP contribution in [0.2, 0.25) is 0 Å². The third kappa shape index (κ3) is 4.91. The topological polar surface area (TPSA) is 129 Å². The Morgan fingerprint density at radius 3 is 2.66 bits per heavy atom. The molecule has 0 unspecified atom stereocenters. The number of hydrogen-bond acceptors (Lipinski definition) is 5. The zero-order chi connectivity index (χ0) is 23.4. The number of nitrogens with zero attached hydrogens (tertiary/aromatic N) is 2. The number of fused-ring (bicyclic) bond motifs is 1. The second-order valence-corrected chi connectivity index (χ2v) is 8.24. The molecule has 168 valence electrons. The number of aromatic nitrogens is 1. The van der Waals surface area contributed by atoms with Crippen molar-refractivity contribution in [1.29, 1.82) is 0 Å². The van der Waals surface area contributed by atoms with Gasteiger partial charge in [0.05, 0.1) is 19.6 Å². The van der Waals surface area contributed by atoms with E-state index in [0.29, 0.717) is 17.7 Å². The van der Waals surface area contributed by atoms with E-state index in [0.717, 1.165) is 10.0 Å². The van der Waals surface area contributed by atoms with Crippen LogP contribution in [0, 0.1) is 0 Å². The van der Waals surface area contributed by atoms with Crippen LogP contribution in [0.3, 0.4) is 0 Å². The number of carbonyl (C=O) groups excluding carboxylic acids is 2. The molecule has 2 amide bonds. The van der Waals surface area contributed by atoms with Crippen LogP contribution < -0.4 is 10.9 Å². The average Bonchev–Trinajstić information content (AvgIpc) is 3.19. The molecule has 10 heteroatoms. The van der Waals surface area contributed by atoms with E-state index in [-0.39, 0.29) is 32.0 Å². The van der Waals surface area contributed by atoms with E-state index >= 15 is 0 Å². The Morgan fingerprint density at radius 1 is 1.25 bits per heavy atom. The number of aliphatic carboxylic acids is 1. The van der Waals surface area contributed by atoms with E-state index in [1.807, 2.05) is 18.2 Å². The van der Waals surface area contributed by atoms with E-state index in [1.165, 1.54) is 9.47 Å². The first-order valence-electron chi connectivity index (χ1n) is 9.83. The fourth-order valence-corrected chi connectivity index (χ4v) is 4.02. The molecule has 3 N–H and O–H groups in total. The number of halogens is 1. The van der Waals surface area contributed by atoms with Gasteiger partial charge in [-0.1, -0.05) is 34.1 Å². The van der Waals surface area contributed by atoms with Gasteiger partial charge in [0.1, 0.15) is 17.9 Å². The summed E-state index contributed by atoms with van der Waals surface area (Å²) >= 11 is 3.38. The summed E-state index contributed by atoms with van der Waals surface area (Å²) < 4.78 is 2.16. The number of carboxylic acid groups (broad SMARTS) is 1. The minimum Gasteiger partial charge on any atom is -0.506 e. The highest BCUT2D eigenvalue weighted by Gasteiger charge is 2.33. The van der Waals surface area contributed by atoms with Crippen molar-refractivity contribution in [3.05, 3.63) is 74.1 Å². The van der Waals surface area contributed by atoms with Gasteiger partial charge in [0.15, 0.2) is 0 Å². The molecule has 32 heavy (non-hydrogen) atoms. The van der Waals surface area contributed by atoms with E-state index in [4.69, 9.17) is 5.11 Å². The number of hydrogen-bond donors (Lipinski definition) is 3. The molecule has 0 fully saturated rings. The maximum atomic E-state index is 13.2. The Hall–Kier alpha value is -3.40. The predicted molar refractivity (Wildman–Crippen MR) is 119 cm³/mol. The van der Waals surface area contributed by atoms with Crippen molar-refractivity contribution in [3.63, 3.8) is 0 Å². The van der Waals surface area contributed by atoms with Crippen molar-refractivity contribution in [2.75, 3.05) is 6.54 Å². The number of amides is 2. The molecular weight excluding hydrogens is 482 g/mol. The molecule has 2 aromatic rings. The summed E-state index contributed by atoms with van der Waals surface area (Å²) in [4.78, 5) is 50.7. The van der Waals surface area contributed by atoms with Crippen LogP contribution >= 0.6 is 15.9 Å². The lowest BCUT2D eigenvalue weighted by Gasteiger charge is -2.16. The third-order valence-corrected chi connectivity index (χ3v) is 5.61. The van der Waals surface area contributed by atoms with Gasteiger partial charge in [0.25, 0.3) is 11.5 Å². The highest BCUT2D eigenvalue weighted by molar-refractivity contribution is 9.10. The van der Waals surface area contributed by atoms with Crippen LogP contribution in [0.25, 0.3) is 0 Å². The van der Waals surface area contributed by atoms with Gasteiger partial charge in [-0.05, 0) is 24.1 Å². The highest BCUT2D eigenvalue weighted by atomic mass is 79.9. The summed E-state index contributed by atoms with van der Waals surface area (Å²) in [6, 6.07) is 7.26. The van der Waals surface area contributed by atoms with E-state index in [1.54, 1.807) is 12.1 Å². The number of nitrogens with one attached hydrogen (secondary N) is 1. The van der Waals surface area contributed by atoms with Crippen molar-refractivity contribution in [3.8, 4) is 5.75 Å². The van der Waals surface area contributed by atoms with Crippen molar-refractivity contribution in [2.24, 2.45) is 0 Å². The minimum absolute atomic E-state index is 0.0368. The fraction of sp³-hybridized carbons (Fsp3) is 0.273. The van der Waals surface area contributed by atoms with Crippen LogP contribution in [0.15, 0.2) is 46.2 Å². The van der Waals surface area contributed by atoms with Crippen LogP contribution in [0.4, 0.5) is 0 Å². The Labute approximate surface area is 192 Å². The van der Waals surface area contributed by atoms with Gasteiger partial charge in [0, 0.05) is 22.2 Å². The quantitative estimate of drug-likeness (QED) is 0.472. The van der Waals surface area contributed by atoms with Gasteiger partial charge in [-0.15, -0.1) is 6.58 Å². The molecule has 1 aliphatic rings. The number of rotatable bonds is 8. The molecule has 2 heterocycles. The lowest BCUT2D eigenvalue weighted by atomic mass is 10.1. The summed E-state index contributed by atoms with van der Waals surface area (Å²) in [5.74, 6) is -2.97. The molecule has 0 atom stereocenters. The molecule has 0 aliphatic carbocycles. The van der Waals surface area contributed by atoms with Gasteiger partial charge in [0.2, 0.25) is 5.91 Å². The zero-order valence-electron chi connectivity index (χ0n) is 17.1. The fourth-order valence-electron chi connectivity index (χ4n) is 3.58. The summed E-state index contributed by atoms with van der Waals surface area (Å²) in [6.45, 7) is 3.16. The number of allylic oxidation sites excluding steroid dienone is 1. The standard InChI is InChI=1S/C22H22BrN3O6/c1-2-3-7-17(27)25-11-15-16(12-25)26(10-13-5-4-6-14(23)8-13)22(32)19(20(15)30)21(31)24-9-18(28)29/h2,4-6,8,30H,1,3,7,9-12H2,(H,24,31)(H,28,29). The number of benzene rings is 1. The predicted octanol–water partition coefficient (Wildman–Crippen LogP) is 1.99. The van der Waals surface area contributed by atoms with Crippen molar-refractivity contribution >= 4 is 33.7 Å². The number of pyridine rings is 1. The first-order chi connectivity index (χ1) is 15.2. The van der Waals surface area contributed by atoms with E-state index in [2.05, 4.69) is 27.8 Å². The van der Waals surface area contributed by atoms with Crippen LogP contribution in [-0.4, -0.2) is 44.0 Å². The van der Waals surface area contributed by atoms with Crippen LogP contribution in [0.5, 0.6) is 5.75 Å². The Kier molecular flexibility index (Phi) is 7.14. The van der Waals surface area contributed by atoms with E-state index < -0.39 is 35.3 Å². The maximum absolute atomic E-state index is 13.2. The number of carboxylic acids is 1. The Morgan fingerprint density at radius 2 is 2.00 bits per heavy atom. The first kappa shape index (κ1) is 23.3. The number of carbonyl (C=O) groups is 3. The highest BCUT2D eigenvalue weighted by Crippen LogP contribution is 2.32. The van der Waals surface area contributed by atoms with Gasteiger partial charge in [-0.3, -0.25) is 19.2 Å².